The van der Waals surface area contributed by atoms with Gasteiger partial charge in [-0.15, -0.1) is 0 Å². The standard InChI is InChI=1S/C16H34N4/c1-5-20(6-2)13-7-8-14(3)19-16(17-4)18-12-11-15-9-10-15/h14-15H,5-13H2,1-4H3,(H2,17,18,19). The number of nitrogens with one attached hydrogen (secondary N) is 2. The average Bonchev–Trinajstić information content (AvgIpc) is 3.26. The van der Waals surface area contributed by atoms with E-state index in [1.54, 1.807) is 0 Å². The van der Waals surface area contributed by atoms with E-state index in [0.717, 1.165) is 31.5 Å². The summed E-state index contributed by atoms with van der Waals surface area (Å²) in [5, 5.41) is 6.91. The van der Waals surface area contributed by atoms with Crippen LogP contribution in [0, 0.1) is 5.92 Å². The molecule has 0 aromatic heterocycles. The van der Waals surface area contributed by atoms with Crippen molar-refractivity contribution in [2.75, 3.05) is 33.2 Å². The molecule has 0 saturated heterocycles. The molecule has 4 heteroatoms. The van der Waals surface area contributed by atoms with Crippen LogP contribution in [0.25, 0.3) is 0 Å². The Bertz CT molecular complexity index is 270. The van der Waals surface area contributed by atoms with Gasteiger partial charge < -0.3 is 15.5 Å². The highest BCUT2D eigenvalue weighted by Crippen LogP contribution is 2.31. The van der Waals surface area contributed by atoms with Gasteiger partial charge in [-0.3, -0.25) is 4.99 Å². The van der Waals surface area contributed by atoms with E-state index in [-0.39, 0.29) is 0 Å². The van der Waals surface area contributed by atoms with Gasteiger partial charge in [0, 0.05) is 19.6 Å². The van der Waals surface area contributed by atoms with Crippen molar-refractivity contribution in [1.82, 2.24) is 15.5 Å². The summed E-state index contributed by atoms with van der Waals surface area (Å²) in [5.74, 6) is 1.94. The van der Waals surface area contributed by atoms with E-state index in [1.165, 1.54) is 38.6 Å². The molecule has 0 amide bonds. The number of hydrogen-bond donors (Lipinski definition) is 2. The van der Waals surface area contributed by atoms with Crippen molar-refractivity contribution >= 4 is 5.96 Å². The van der Waals surface area contributed by atoms with Crippen LogP contribution in [0.5, 0.6) is 0 Å². The van der Waals surface area contributed by atoms with E-state index in [0.29, 0.717) is 6.04 Å². The fraction of sp³-hybridized carbons (Fsp3) is 0.938. The minimum Gasteiger partial charge on any atom is -0.356 e. The Morgan fingerprint density at radius 2 is 2.00 bits per heavy atom. The summed E-state index contributed by atoms with van der Waals surface area (Å²) in [5.41, 5.74) is 0. The number of hydrogen-bond acceptors (Lipinski definition) is 2. The molecule has 0 aliphatic heterocycles. The van der Waals surface area contributed by atoms with Crippen LogP contribution < -0.4 is 10.6 Å². The van der Waals surface area contributed by atoms with E-state index < -0.39 is 0 Å². The lowest BCUT2D eigenvalue weighted by Crippen LogP contribution is -2.42. The highest BCUT2D eigenvalue weighted by molar-refractivity contribution is 5.79. The number of nitrogens with zero attached hydrogens (tertiary/aromatic N) is 2. The quantitative estimate of drug-likeness (QED) is 0.478. The lowest BCUT2D eigenvalue weighted by molar-refractivity contribution is 0.292. The van der Waals surface area contributed by atoms with Crippen LogP contribution in [0.15, 0.2) is 4.99 Å². The third kappa shape index (κ3) is 7.73. The molecular weight excluding hydrogens is 248 g/mol. The van der Waals surface area contributed by atoms with Crippen molar-refractivity contribution in [3.63, 3.8) is 0 Å². The molecule has 4 nitrogen and oxygen atoms in total. The fourth-order valence-corrected chi connectivity index (χ4v) is 2.46. The minimum atomic E-state index is 0.484. The van der Waals surface area contributed by atoms with Gasteiger partial charge in [-0.25, -0.2) is 0 Å². The first-order valence-electron chi connectivity index (χ1n) is 8.39. The van der Waals surface area contributed by atoms with Gasteiger partial charge in [-0.05, 0) is 51.7 Å². The summed E-state index contributed by atoms with van der Waals surface area (Å²) in [7, 11) is 1.86. The lowest BCUT2D eigenvalue weighted by Gasteiger charge is -2.21. The molecule has 1 aliphatic carbocycles. The van der Waals surface area contributed by atoms with Crippen molar-refractivity contribution in [1.29, 1.82) is 0 Å². The SMILES string of the molecule is CCN(CC)CCCC(C)NC(=NC)NCCC1CC1. The average molecular weight is 282 g/mol. The molecule has 1 aliphatic rings. The largest absolute Gasteiger partial charge is 0.356 e. The zero-order chi connectivity index (χ0) is 14.8. The molecule has 0 spiro atoms. The van der Waals surface area contributed by atoms with Crippen molar-refractivity contribution in [3.8, 4) is 0 Å². The predicted octanol–water partition coefficient (Wildman–Crippen LogP) is 2.46. The summed E-state index contributed by atoms with van der Waals surface area (Å²) in [6.07, 6.45) is 6.58. The van der Waals surface area contributed by atoms with Crippen LogP contribution in [0.3, 0.4) is 0 Å². The Balaban J connectivity index is 2.09. The maximum atomic E-state index is 4.30. The van der Waals surface area contributed by atoms with Gasteiger partial charge in [0.2, 0.25) is 0 Å². The van der Waals surface area contributed by atoms with Crippen LogP contribution in [-0.2, 0) is 0 Å². The Morgan fingerprint density at radius 1 is 1.30 bits per heavy atom. The first-order valence-corrected chi connectivity index (χ1v) is 8.39. The molecule has 20 heavy (non-hydrogen) atoms. The third-order valence-electron chi connectivity index (χ3n) is 4.15. The third-order valence-corrected chi connectivity index (χ3v) is 4.15. The number of rotatable bonds is 10. The van der Waals surface area contributed by atoms with Crippen molar-refractivity contribution < 1.29 is 0 Å². The molecule has 2 N–H and O–H groups in total. The molecule has 1 rings (SSSR count). The first kappa shape index (κ1) is 17.3. The topological polar surface area (TPSA) is 39.7 Å². The summed E-state index contributed by atoms with van der Waals surface area (Å²) in [6.45, 7) is 11.3. The normalized spacial score (nSPS) is 17.4. The fourth-order valence-electron chi connectivity index (χ4n) is 2.46. The van der Waals surface area contributed by atoms with Crippen molar-refractivity contribution in [3.05, 3.63) is 0 Å². The Kier molecular flexibility index (Phi) is 8.67. The molecular formula is C16H34N4. The van der Waals surface area contributed by atoms with E-state index >= 15 is 0 Å². The first-order chi connectivity index (χ1) is 9.69. The molecule has 0 heterocycles. The maximum Gasteiger partial charge on any atom is 0.191 e. The lowest BCUT2D eigenvalue weighted by atomic mass is 10.2. The summed E-state index contributed by atoms with van der Waals surface area (Å²) in [4.78, 5) is 6.79. The minimum absolute atomic E-state index is 0.484. The highest BCUT2D eigenvalue weighted by atomic mass is 15.2. The van der Waals surface area contributed by atoms with Gasteiger partial charge >= 0.3 is 0 Å². The zero-order valence-electron chi connectivity index (χ0n) is 13.9. The Labute approximate surface area is 125 Å². The van der Waals surface area contributed by atoms with Crippen molar-refractivity contribution in [2.45, 2.75) is 58.9 Å². The second kappa shape index (κ2) is 10.0. The number of guanidine groups is 1. The van der Waals surface area contributed by atoms with Crippen LogP contribution in [-0.4, -0.2) is 50.1 Å². The molecule has 0 radical (unpaired) electrons. The van der Waals surface area contributed by atoms with Crippen molar-refractivity contribution in [2.24, 2.45) is 10.9 Å². The smallest absolute Gasteiger partial charge is 0.191 e. The van der Waals surface area contributed by atoms with E-state index in [2.05, 4.69) is 41.3 Å². The van der Waals surface area contributed by atoms with Crippen LogP contribution in [0.4, 0.5) is 0 Å². The molecule has 118 valence electrons. The molecule has 0 aromatic rings. The van der Waals surface area contributed by atoms with E-state index in [9.17, 15) is 0 Å². The van der Waals surface area contributed by atoms with Gasteiger partial charge in [0.15, 0.2) is 5.96 Å². The molecule has 1 atom stereocenters. The van der Waals surface area contributed by atoms with Gasteiger partial charge in [0.05, 0.1) is 0 Å². The molecule has 0 bridgehead atoms. The molecule has 0 aromatic carbocycles. The predicted molar refractivity (Wildman–Crippen MR) is 88.3 cm³/mol. The van der Waals surface area contributed by atoms with Gasteiger partial charge in [0.1, 0.15) is 0 Å². The Hall–Kier alpha value is -0.770. The highest BCUT2D eigenvalue weighted by Gasteiger charge is 2.20. The van der Waals surface area contributed by atoms with Gasteiger partial charge in [0.25, 0.3) is 0 Å². The summed E-state index contributed by atoms with van der Waals surface area (Å²) < 4.78 is 0. The van der Waals surface area contributed by atoms with Crippen LogP contribution >= 0.6 is 0 Å². The molecule has 1 unspecified atom stereocenters. The number of aliphatic imine (C=N–C) groups is 1. The van der Waals surface area contributed by atoms with Gasteiger partial charge in [-0.2, -0.15) is 0 Å². The van der Waals surface area contributed by atoms with E-state index in [1.807, 2.05) is 7.05 Å². The zero-order valence-corrected chi connectivity index (χ0v) is 13.9. The second-order valence-corrected chi connectivity index (χ2v) is 5.95. The summed E-state index contributed by atoms with van der Waals surface area (Å²) >= 11 is 0. The van der Waals surface area contributed by atoms with Crippen LogP contribution in [0.1, 0.15) is 52.9 Å². The molecule has 1 saturated carbocycles. The van der Waals surface area contributed by atoms with Crippen LogP contribution in [0.2, 0.25) is 0 Å². The molecule has 1 fully saturated rings. The second-order valence-electron chi connectivity index (χ2n) is 5.95. The van der Waals surface area contributed by atoms with Gasteiger partial charge in [-0.1, -0.05) is 26.7 Å². The Morgan fingerprint density at radius 3 is 2.55 bits per heavy atom. The maximum absolute atomic E-state index is 4.30. The summed E-state index contributed by atoms with van der Waals surface area (Å²) in [6, 6.07) is 0.484. The monoisotopic (exact) mass is 282 g/mol. The van der Waals surface area contributed by atoms with E-state index in [4.69, 9.17) is 0 Å².